The highest BCUT2D eigenvalue weighted by molar-refractivity contribution is 6.46. The van der Waals surface area contributed by atoms with Crippen LogP contribution in [-0.4, -0.2) is 33.4 Å². The van der Waals surface area contributed by atoms with Gasteiger partial charge in [0.1, 0.15) is 23.1 Å². The van der Waals surface area contributed by atoms with Gasteiger partial charge in [-0.05, 0) is 66.1 Å². The Hall–Kier alpha value is -4.13. The molecule has 34 heavy (non-hydrogen) atoms. The summed E-state index contributed by atoms with van der Waals surface area (Å²) in [5, 5.41) is 21.2. The average Bonchev–Trinajstić information content (AvgIpc) is 3.09. The van der Waals surface area contributed by atoms with Gasteiger partial charge in [0, 0.05) is 12.1 Å². The van der Waals surface area contributed by atoms with Crippen molar-refractivity contribution >= 4 is 17.4 Å². The molecule has 1 amide bonds. The zero-order valence-corrected chi connectivity index (χ0v) is 18.6. The molecule has 1 heterocycles. The van der Waals surface area contributed by atoms with Gasteiger partial charge in [-0.25, -0.2) is 4.39 Å². The number of aliphatic hydroxyl groups is 1. The first-order chi connectivity index (χ1) is 16.4. The number of likely N-dealkylation sites (tertiary alicyclic amines) is 1. The van der Waals surface area contributed by atoms with E-state index in [2.05, 4.69) is 0 Å². The van der Waals surface area contributed by atoms with Gasteiger partial charge in [-0.15, -0.1) is 0 Å². The third kappa shape index (κ3) is 4.64. The maximum atomic E-state index is 13.4. The van der Waals surface area contributed by atoms with Crippen LogP contribution in [0.3, 0.4) is 0 Å². The molecule has 0 radical (unpaired) electrons. The molecule has 0 saturated carbocycles. The topological polar surface area (TPSA) is 87.1 Å². The number of hydrogen-bond donors (Lipinski definition) is 2. The summed E-state index contributed by atoms with van der Waals surface area (Å²) in [7, 11) is 0. The summed E-state index contributed by atoms with van der Waals surface area (Å²) in [6.45, 7) is 2.57. The number of rotatable bonds is 7. The first-order valence-corrected chi connectivity index (χ1v) is 10.9. The number of amides is 1. The summed E-state index contributed by atoms with van der Waals surface area (Å²) < 4.78 is 18.9. The molecule has 174 valence electrons. The molecule has 0 aliphatic carbocycles. The first kappa shape index (κ1) is 23.0. The van der Waals surface area contributed by atoms with Gasteiger partial charge in [0.2, 0.25) is 0 Å². The minimum atomic E-state index is -0.937. The molecule has 3 aromatic rings. The van der Waals surface area contributed by atoms with Gasteiger partial charge in [-0.2, -0.15) is 0 Å². The van der Waals surface area contributed by atoms with Crippen LogP contribution in [0, 0.1) is 5.82 Å². The van der Waals surface area contributed by atoms with Crippen molar-refractivity contribution in [2.24, 2.45) is 0 Å². The average molecular weight is 461 g/mol. The molecule has 1 fully saturated rings. The lowest BCUT2D eigenvalue weighted by Crippen LogP contribution is -2.29. The van der Waals surface area contributed by atoms with Crippen molar-refractivity contribution in [3.05, 3.63) is 101 Å². The van der Waals surface area contributed by atoms with Gasteiger partial charge in [-0.1, -0.05) is 31.2 Å². The molecule has 3 aromatic carbocycles. The van der Waals surface area contributed by atoms with Crippen LogP contribution in [0.15, 0.2) is 78.4 Å². The second kappa shape index (κ2) is 9.79. The molecule has 1 aliphatic rings. The first-order valence-electron chi connectivity index (χ1n) is 10.9. The fraction of sp³-hybridized carbons (Fsp3) is 0.185. The molecule has 7 heteroatoms. The van der Waals surface area contributed by atoms with Crippen molar-refractivity contribution in [1.29, 1.82) is 0 Å². The number of carbonyl (C=O) groups excluding carboxylic acids is 2. The summed E-state index contributed by atoms with van der Waals surface area (Å²) in [5.41, 5.74) is 1.35. The lowest BCUT2D eigenvalue weighted by Gasteiger charge is -2.25. The number of nitrogens with zero attached hydrogens (tertiary/aromatic N) is 1. The zero-order chi connectivity index (χ0) is 24.2. The molecule has 1 aliphatic heterocycles. The van der Waals surface area contributed by atoms with E-state index in [0.29, 0.717) is 29.0 Å². The predicted molar refractivity (Wildman–Crippen MR) is 125 cm³/mol. The number of aromatic hydroxyl groups is 1. The van der Waals surface area contributed by atoms with Crippen LogP contribution in [0.25, 0.3) is 5.76 Å². The summed E-state index contributed by atoms with van der Waals surface area (Å²) >= 11 is 0. The Morgan fingerprint density at radius 3 is 2.38 bits per heavy atom. The van der Waals surface area contributed by atoms with Gasteiger partial charge < -0.3 is 19.8 Å². The number of benzene rings is 3. The minimum Gasteiger partial charge on any atom is -0.508 e. The molecule has 1 saturated heterocycles. The van der Waals surface area contributed by atoms with Crippen molar-refractivity contribution < 1.29 is 28.9 Å². The number of phenolic OH excluding ortho intramolecular Hbond substituents is 1. The van der Waals surface area contributed by atoms with Crippen LogP contribution >= 0.6 is 0 Å². The number of halogens is 1. The highest BCUT2D eigenvalue weighted by Gasteiger charge is 2.46. The normalized spacial score (nSPS) is 17.2. The second-order valence-corrected chi connectivity index (χ2v) is 8.02. The monoisotopic (exact) mass is 461 g/mol. The Morgan fingerprint density at radius 2 is 1.74 bits per heavy atom. The molecule has 1 atom stereocenters. The highest BCUT2D eigenvalue weighted by Crippen LogP contribution is 2.41. The van der Waals surface area contributed by atoms with E-state index in [1.165, 1.54) is 41.3 Å². The molecule has 2 N–H and O–H groups in total. The van der Waals surface area contributed by atoms with Gasteiger partial charge in [0.25, 0.3) is 11.7 Å². The summed E-state index contributed by atoms with van der Waals surface area (Å²) in [5.74, 6) is -1.78. The molecular formula is C27H24FNO5. The van der Waals surface area contributed by atoms with E-state index in [1.54, 1.807) is 36.4 Å². The van der Waals surface area contributed by atoms with Crippen LogP contribution in [-0.2, 0) is 16.1 Å². The summed E-state index contributed by atoms with van der Waals surface area (Å²) in [4.78, 5) is 27.4. The Balaban J connectivity index is 1.78. The number of aliphatic hydroxyl groups excluding tert-OH is 1. The largest absolute Gasteiger partial charge is 0.508 e. The lowest BCUT2D eigenvalue weighted by molar-refractivity contribution is -0.140. The Bertz CT molecular complexity index is 1230. The van der Waals surface area contributed by atoms with E-state index in [1.807, 2.05) is 6.92 Å². The molecule has 4 rings (SSSR count). The maximum Gasteiger partial charge on any atom is 0.295 e. The smallest absolute Gasteiger partial charge is 0.295 e. The van der Waals surface area contributed by atoms with E-state index < -0.39 is 23.5 Å². The maximum absolute atomic E-state index is 13.4. The molecule has 0 aromatic heterocycles. The van der Waals surface area contributed by atoms with Crippen molar-refractivity contribution in [3.8, 4) is 11.5 Å². The fourth-order valence-electron chi connectivity index (χ4n) is 3.96. The minimum absolute atomic E-state index is 0.0196. The molecule has 6 nitrogen and oxygen atoms in total. The fourth-order valence-corrected chi connectivity index (χ4v) is 3.96. The second-order valence-electron chi connectivity index (χ2n) is 8.02. The van der Waals surface area contributed by atoms with Crippen LogP contribution in [0.5, 0.6) is 11.5 Å². The Kier molecular flexibility index (Phi) is 6.63. The van der Waals surface area contributed by atoms with Gasteiger partial charge >= 0.3 is 0 Å². The number of ketones is 1. The van der Waals surface area contributed by atoms with Crippen molar-refractivity contribution in [2.45, 2.75) is 25.9 Å². The van der Waals surface area contributed by atoms with Gasteiger partial charge in [0.05, 0.1) is 18.2 Å². The van der Waals surface area contributed by atoms with E-state index in [-0.39, 0.29) is 23.6 Å². The van der Waals surface area contributed by atoms with E-state index in [4.69, 9.17) is 4.74 Å². The molecule has 0 spiro atoms. The van der Waals surface area contributed by atoms with Crippen LogP contribution in [0.4, 0.5) is 4.39 Å². The van der Waals surface area contributed by atoms with E-state index >= 15 is 0 Å². The zero-order valence-electron chi connectivity index (χ0n) is 18.6. The number of ether oxygens (including phenoxy) is 1. The number of carbonyl (C=O) groups is 2. The quantitative estimate of drug-likeness (QED) is 0.296. The van der Waals surface area contributed by atoms with Crippen LogP contribution in [0.1, 0.15) is 36.1 Å². The standard InChI is InChI=1S/C27H24FNO5/c1-2-14-34-22-12-8-18(9-13-22)25(31)23-24(19-4-3-5-21(30)15-19)29(27(33)26(23)32)16-17-6-10-20(28)11-7-17/h3-13,15,24,30-31H,2,14,16H2,1H3/b25-23-. The van der Waals surface area contributed by atoms with Crippen LogP contribution in [0.2, 0.25) is 0 Å². The lowest BCUT2D eigenvalue weighted by atomic mass is 9.95. The van der Waals surface area contributed by atoms with Crippen molar-refractivity contribution in [3.63, 3.8) is 0 Å². The highest BCUT2D eigenvalue weighted by atomic mass is 19.1. The molecule has 1 unspecified atom stereocenters. The third-order valence-electron chi connectivity index (χ3n) is 5.59. The van der Waals surface area contributed by atoms with Crippen molar-refractivity contribution in [1.82, 2.24) is 4.90 Å². The Morgan fingerprint density at radius 1 is 1.03 bits per heavy atom. The SMILES string of the molecule is CCCOc1ccc(/C(O)=C2/C(=O)C(=O)N(Cc3ccc(F)cc3)C2c2cccc(O)c2)cc1. The third-order valence-corrected chi connectivity index (χ3v) is 5.59. The van der Waals surface area contributed by atoms with Crippen LogP contribution < -0.4 is 4.74 Å². The summed E-state index contributed by atoms with van der Waals surface area (Å²) in [6.07, 6.45) is 0.850. The van der Waals surface area contributed by atoms with E-state index in [0.717, 1.165) is 6.42 Å². The van der Waals surface area contributed by atoms with E-state index in [9.17, 15) is 24.2 Å². The number of hydrogen-bond acceptors (Lipinski definition) is 5. The van der Waals surface area contributed by atoms with Gasteiger partial charge in [-0.3, -0.25) is 9.59 Å². The van der Waals surface area contributed by atoms with Gasteiger partial charge in [0.15, 0.2) is 0 Å². The Labute approximate surface area is 196 Å². The number of Topliss-reactive ketones (excluding diaryl/α,β-unsaturated/α-hetero) is 1. The molecular weight excluding hydrogens is 437 g/mol. The predicted octanol–water partition coefficient (Wildman–Crippen LogP) is 4.94. The molecule has 0 bridgehead atoms. The number of phenols is 1. The van der Waals surface area contributed by atoms with Crippen molar-refractivity contribution in [2.75, 3.05) is 6.61 Å². The summed E-state index contributed by atoms with van der Waals surface area (Å²) in [6, 6.07) is 17.5.